The van der Waals surface area contributed by atoms with E-state index in [2.05, 4.69) is 12.6 Å². The molecule has 0 heterocycles. The Morgan fingerprint density at radius 3 is 2.32 bits per heavy atom. The Balaban J connectivity index is 2.74. The lowest BCUT2D eigenvalue weighted by Gasteiger charge is -2.07. The second-order valence-corrected chi connectivity index (χ2v) is 4.33. The van der Waals surface area contributed by atoms with Gasteiger partial charge in [-0.15, -0.1) is 12.6 Å². The molecule has 0 bridgehead atoms. The number of carboxylic acids is 1. The third-order valence-electron chi connectivity index (χ3n) is 2.63. The highest BCUT2D eigenvalue weighted by atomic mass is 32.1. The van der Waals surface area contributed by atoms with Crippen LogP contribution in [0.25, 0.3) is 11.1 Å². The fraction of sp³-hybridized carbons (Fsp3) is 0. The van der Waals surface area contributed by atoms with E-state index >= 15 is 0 Å². The Bertz CT molecular complexity index is 620. The molecule has 0 aliphatic carbocycles. The molecular weight excluding hydrogens is 266 g/mol. The van der Waals surface area contributed by atoms with Crippen molar-refractivity contribution in [3.8, 4) is 11.1 Å². The van der Waals surface area contributed by atoms with E-state index in [9.17, 15) is 14.9 Å². The summed E-state index contributed by atoms with van der Waals surface area (Å²) in [5, 5.41) is 20.2. The molecule has 2 aromatic carbocycles. The molecule has 5 nitrogen and oxygen atoms in total. The van der Waals surface area contributed by atoms with Crippen LogP contribution in [0.5, 0.6) is 0 Å². The summed E-state index contributed by atoms with van der Waals surface area (Å²) < 4.78 is 0. The quantitative estimate of drug-likeness (QED) is 0.512. The second kappa shape index (κ2) is 5.11. The Kier molecular flexibility index (Phi) is 3.52. The van der Waals surface area contributed by atoms with Crippen LogP contribution in [0.2, 0.25) is 0 Å². The van der Waals surface area contributed by atoms with Crippen LogP contribution in [-0.2, 0) is 0 Å². The van der Waals surface area contributed by atoms with E-state index in [1.807, 2.05) is 0 Å². The van der Waals surface area contributed by atoms with Gasteiger partial charge in [-0.1, -0.05) is 18.2 Å². The number of rotatable bonds is 3. The average molecular weight is 275 g/mol. The van der Waals surface area contributed by atoms with Crippen molar-refractivity contribution >= 4 is 24.3 Å². The second-order valence-electron chi connectivity index (χ2n) is 3.81. The van der Waals surface area contributed by atoms with Crippen LogP contribution in [0, 0.1) is 10.1 Å². The van der Waals surface area contributed by atoms with Crippen LogP contribution in [-0.4, -0.2) is 16.0 Å². The highest BCUT2D eigenvalue weighted by Gasteiger charge is 2.22. The Morgan fingerprint density at radius 1 is 1.16 bits per heavy atom. The van der Waals surface area contributed by atoms with Crippen molar-refractivity contribution < 1.29 is 14.8 Å². The van der Waals surface area contributed by atoms with Crippen LogP contribution in [0.1, 0.15) is 10.4 Å². The van der Waals surface area contributed by atoms with Gasteiger partial charge in [0.05, 0.1) is 16.1 Å². The first kappa shape index (κ1) is 13.1. The van der Waals surface area contributed by atoms with E-state index in [4.69, 9.17) is 5.11 Å². The molecule has 0 aliphatic heterocycles. The maximum absolute atomic E-state index is 11.2. The topological polar surface area (TPSA) is 80.4 Å². The standard InChI is InChI=1S/C13H9NO4S/c15-13(16)10-2-1-3-11(14(17)18)12(10)8-4-6-9(19)7-5-8/h1-7,19H,(H,15,16). The zero-order valence-corrected chi connectivity index (χ0v) is 10.5. The van der Waals surface area contributed by atoms with E-state index in [0.717, 1.165) is 0 Å². The molecule has 0 unspecified atom stereocenters. The Hall–Kier alpha value is -2.34. The Morgan fingerprint density at radius 2 is 1.79 bits per heavy atom. The highest BCUT2D eigenvalue weighted by Crippen LogP contribution is 2.33. The van der Waals surface area contributed by atoms with Crippen LogP contribution in [0.3, 0.4) is 0 Å². The minimum Gasteiger partial charge on any atom is -0.478 e. The molecule has 96 valence electrons. The van der Waals surface area contributed by atoms with Crippen LogP contribution in [0.15, 0.2) is 47.4 Å². The van der Waals surface area contributed by atoms with Crippen molar-refractivity contribution in [2.24, 2.45) is 0 Å². The van der Waals surface area contributed by atoms with Gasteiger partial charge in [-0.2, -0.15) is 0 Å². The fourth-order valence-corrected chi connectivity index (χ4v) is 1.95. The predicted octanol–water partition coefficient (Wildman–Crippen LogP) is 3.25. The number of carboxylic acid groups (broad SMARTS) is 1. The van der Waals surface area contributed by atoms with E-state index in [1.54, 1.807) is 24.3 Å². The maximum atomic E-state index is 11.2. The fourth-order valence-electron chi connectivity index (χ4n) is 1.80. The predicted molar refractivity (Wildman–Crippen MR) is 72.7 cm³/mol. The number of nitro benzene ring substituents is 1. The van der Waals surface area contributed by atoms with E-state index in [-0.39, 0.29) is 16.8 Å². The number of nitro groups is 1. The number of nitrogens with zero attached hydrogens (tertiary/aromatic N) is 1. The molecule has 0 amide bonds. The van der Waals surface area contributed by atoms with Crippen LogP contribution in [0.4, 0.5) is 5.69 Å². The molecule has 0 fully saturated rings. The number of hydrogen-bond acceptors (Lipinski definition) is 4. The van der Waals surface area contributed by atoms with Gasteiger partial charge in [-0.05, 0) is 23.8 Å². The number of thiol groups is 1. The van der Waals surface area contributed by atoms with Crippen LogP contribution >= 0.6 is 12.6 Å². The third kappa shape index (κ3) is 2.58. The van der Waals surface area contributed by atoms with Gasteiger partial charge in [0.1, 0.15) is 0 Å². The average Bonchev–Trinajstić information content (AvgIpc) is 2.38. The monoisotopic (exact) mass is 275 g/mol. The summed E-state index contributed by atoms with van der Waals surface area (Å²) in [6, 6.07) is 10.5. The first-order valence-electron chi connectivity index (χ1n) is 5.31. The normalized spacial score (nSPS) is 10.2. The minimum absolute atomic E-state index is 0.0962. The molecule has 0 aromatic heterocycles. The van der Waals surface area contributed by atoms with E-state index < -0.39 is 10.9 Å². The lowest BCUT2D eigenvalue weighted by molar-refractivity contribution is -0.384. The van der Waals surface area contributed by atoms with Gasteiger partial charge in [-0.25, -0.2) is 4.79 Å². The van der Waals surface area contributed by atoms with Crippen molar-refractivity contribution in [1.29, 1.82) is 0 Å². The molecule has 2 aromatic rings. The summed E-state index contributed by atoms with van der Waals surface area (Å²) >= 11 is 4.13. The number of hydrogen-bond donors (Lipinski definition) is 2. The lowest BCUT2D eigenvalue weighted by Crippen LogP contribution is -2.02. The summed E-state index contributed by atoms with van der Waals surface area (Å²) in [6.45, 7) is 0. The molecule has 0 aliphatic rings. The molecule has 2 rings (SSSR count). The van der Waals surface area contributed by atoms with Crippen molar-refractivity contribution in [2.45, 2.75) is 4.90 Å². The molecule has 0 atom stereocenters. The van der Waals surface area contributed by atoms with Gasteiger partial charge < -0.3 is 5.11 Å². The molecule has 19 heavy (non-hydrogen) atoms. The summed E-state index contributed by atoms with van der Waals surface area (Å²) in [4.78, 5) is 22.3. The van der Waals surface area contributed by atoms with Gasteiger partial charge in [0.15, 0.2) is 0 Å². The molecule has 0 spiro atoms. The van der Waals surface area contributed by atoms with Gasteiger partial charge in [-0.3, -0.25) is 10.1 Å². The zero-order chi connectivity index (χ0) is 14.0. The minimum atomic E-state index is -1.20. The van der Waals surface area contributed by atoms with Gasteiger partial charge in [0, 0.05) is 11.0 Å². The van der Waals surface area contributed by atoms with Crippen molar-refractivity contribution in [3.05, 3.63) is 58.1 Å². The van der Waals surface area contributed by atoms with E-state index in [0.29, 0.717) is 10.5 Å². The summed E-state index contributed by atoms with van der Waals surface area (Å²) in [7, 11) is 0. The summed E-state index contributed by atoms with van der Waals surface area (Å²) in [6.07, 6.45) is 0. The van der Waals surface area contributed by atoms with Gasteiger partial charge >= 0.3 is 5.97 Å². The SMILES string of the molecule is O=C(O)c1cccc([N+](=O)[O-])c1-c1ccc(S)cc1. The molecule has 0 radical (unpaired) electrons. The van der Waals surface area contributed by atoms with E-state index in [1.165, 1.54) is 18.2 Å². The number of aromatic carboxylic acids is 1. The lowest BCUT2D eigenvalue weighted by atomic mass is 9.98. The molecular formula is C13H9NO4S. The first-order valence-corrected chi connectivity index (χ1v) is 5.75. The number of carbonyl (C=O) groups is 1. The Labute approximate surface area is 114 Å². The molecule has 0 saturated carbocycles. The molecule has 6 heteroatoms. The van der Waals surface area contributed by atoms with Gasteiger partial charge in [0.2, 0.25) is 0 Å². The molecule has 1 N–H and O–H groups in total. The van der Waals surface area contributed by atoms with Crippen molar-refractivity contribution in [3.63, 3.8) is 0 Å². The largest absolute Gasteiger partial charge is 0.478 e. The summed E-state index contributed by atoms with van der Waals surface area (Å²) in [5.41, 5.74) is 0.253. The highest BCUT2D eigenvalue weighted by molar-refractivity contribution is 7.80. The third-order valence-corrected chi connectivity index (χ3v) is 2.92. The van der Waals surface area contributed by atoms with Crippen molar-refractivity contribution in [1.82, 2.24) is 0 Å². The summed E-state index contributed by atoms with van der Waals surface area (Å²) in [5.74, 6) is -1.20. The maximum Gasteiger partial charge on any atom is 0.336 e. The zero-order valence-electron chi connectivity index (χ0n) is 9.61. The smallest absolute Gasteiger partial charge is 0.336 e. The first-order chi connectivity index (χ1) is 9.00. The van der Waals surface area contributed by atoms with Gasteiger partial charge in [0.25, 0.3) is 5.69 Å². The molecule has 0 saturated heterocycles. The van der Waals surface area contributed by atoms with Crippen LogP contribution < -0.4 is 0 Å². The van der Waals surface area contributed by atoms with Crippen molar-refractivity contribution in [2.75, 3.05) is 0 Å². The number of benzene rings is 2.